The van der Waals surface area contributed by atoms with Crippen LogP contribution in [0.5, 0.6) is 17.2 Å². The van der Waals surface area contributed by atoms with Crippen molar-refractivity contribution in [2.75, 3.05) is 38.9 Å². The second-order valence-electron chi connectivity index (χ2n) is 6.82. The molecule has 0 unspecified atom stereocenters. The van der Waals surface area contributed by atoms with E-state index < -0.39 is 16.1 Å². The lowest BCUT2D eigenvalue weighted by atomic mass is 10.2. The van der Waals surface area contributed by atoms with E-state index in [1.165, 1.54) is 25.2 Å². The fourth-order valence-electron chi connectivity index (χ4n) is 3.17. The van der Waals surface area contributed by atoms with Crippen molar-refractivity contribution >= 4 is 21.6 Å². The molecule has 2 aromatic rings. The Bertz CT molecular complexity index is 975. The van der Waals surface area contributed by atoms with Crippen molar-refractivity contribution in [3.05, 3.63) is 48.0 Å². The molecule has 9 heteroatoms. The third-order valence-electron chi connectivity index (χ3n) is 4.64. The number of nitrogens with zero attached hydrogens (tertiary/aromatic N) is 2. The zero-order valence-electron chi connectivity index (χ0n) is 18.1. The Morgan fingerprint density at radius 2 is 1.57 bits per heavy atom. The van der Waals surface area contributed by atoms with E-state index in [2.05, 4.69) is 0 Å². The molecule has 1 atom stereocenters. The van der Waals surface area contributed by atoms with Crippen LogP contribution in [0, 0.1) is 0 Å². The van der Waals surface area contributed by atoms with Gasteiger partial charge in [0.25, 0.3) is 0 Å². The van der Waals surface area contributed by atoms with Crippen LogP contribution in [0.25, 0.3) is 0 Å². The number of methoxy groups -OCH3 is 3. The molecule has 164 valence electrons. The topological polar surface area (TPSA) is 85.4 Å². The first kappa shape index (κ1) is 23.3. The number of ether oxygens (including phenoxy) is 3. The van der Waals surface area contributed by atoms with Crippen LogP contribution in [-0.4, -0.2) is 59.9 Å². The fourth-order valence-corrected chi connectivity index (χ4v) is 4.33. The molecule has 0 bridgehead atoms. The van der Waals surface area contributed by atoms with Crippen molar-refractivity contribution in [3.63, 3.8) is 0 Å². The average molecular weight is 437 g/mol. The molecule has 0 radical (unpaired) electrons. The van der Waals surface area contributed by atoms with Gasteiger partial charge in [-0.2, -0.15) is 0 Å². The van der Waals surface area contributed by atoms with Gasteiger partial charge in [-0.3, -0.25) is 9.10 Å². The highest BCUT2D eigenvalue weighted by Crippen LogP contribution is 2.33. The predicted octanol–water partition coefficient (Wildman–Crippen LogP) is 2.53. The number of likely N-dealkylation sites (N-methyl/N-ethyl adjacent to an activating group) is 1. The van der Waals surface area contributed by atoms with E-state index >= 15 is 0 Å². The third kappa shape index (κ3) is 5.35. The number of amides is 1. The first-order chi connectivity index (χ1) is 14.1. The molecule has 0 aliphatic rings. The number of benzene rings is 2. The summed E-state index contributed by atoms with van der Waals surface area (Å²) in [6.07, 6.45) is 1.07. The molecule has 0 N–H and O–H groups in total. The number of carbonyl (C=O) groups excluding carboxylic acids is 1. The van der Waals surface area contributed by atoms with Crippen LogP contribution in [0.2, 0.25) is 0 Å². The smallest absolute Gasteiger partial charge is 0.246 e. The SMILES string of the molecule is COc1ccc(CN(C)C(=O)[C@H](C)N(c2ccc(OC)c(OC)c2)S(C)(=O)=O)cc1. The van der Waals surface area contributed by atoms with Gasteiger partial charge in [-0.15, -0.1) is 0 Å². The Labute approximate surface area is 178 Å². The van der Waals surface area contributed by atoms with Gasteiger partial charge in [-0.25, -0.2) is 8.42 Å². The summed E-state index contributed by atoms with van der Waals surface area (Å²) >= 11 is 0. The molecular weight excluding hydrogens is 408 g/mol. The molecule has 0 spiro atoms. The quantitative estimate of drug-likeness (QED) is 0.601. The van der Waals surface area contributed by atoms with Crippen LogP contribution in [0.4, 0.5) is 5.69 Å². The van der Waals surface area contributed by atoms with Gasteiger partial charge < -0.3 is 19.1 Å². The number of rotatable bonds is 9. The number of sulfonamides is 1. The number of hydrogen-bond acceptors (Lipinski definition) is 6. The van der Waals surface area contributed by atoms with Gasteiger partial charge >= 0.3 is 0 Å². The van der Waals surface area contributed by atoms with Crippen LogP contribution >= 0.6 is 0 Å². The van der Waals surface area contributed by atoms with Crippen LogP contribution in [0.3, 0.4) is 0 Å². The third-order valence-corrected chi connectivity index (χ3v) is 5.88. The molecule has 1 amide bonds. The van der Waals surface area contributed by atoms with Crippen molar-refractivity contribution in [1.29, 1.82) is 0 Å². The van der Waals surface area contributed by atoms with E-state index in [0.29, 0.717) is 23.7 Å². The number of carbonyl (C=O) groups is 1. The average Bonchev–Trinajstić information content (AvgIpc) is 2.72. The van der Waals surface area contributed by atoms with Crippen molar-refractivity contribution in [1.82, 2.24) is 4.90 Å². The molecule has 0 aliphatic carbocycles. The number of hydrogen-bond donors (Lipinski definition) is 0. The molecular formula is C21H28N2O6S. The molecule has 2 rings (SSSR count). The van der Waals surface area contributed by atoms with E-state index in [0.717, 1.165) is 21.9 Å². The second-order valence-corrected chi connectivity index (χ2v) is 8.68. The monoisotopic (exact) mass is 436 g/mol. The molecule has 0 saturated carbocycles. The zero-order chi connectivity index (χ0) is 22.5. The number of anilines is 1. The highest BCUT2D eigenvalue weighted by molar-refractivity contribution is 7.92. The van der Waals surface area contributed by atoms with Crippen LogP contribution in [0.1, 0.15) is 12.5 Å². The van der Waals surface area contributed by atoms with Gasteiger partial charge in [-0.1, -0.05) is 12.1 Å². The first-order valence-electron chi connectivity index (χ1n) is 9.21. The molecule has 2 aromatic carbocycles. The summed E-state index contributed by atoms with van der Waals surface area (Å²) < 4.78 is 41.8. The Hall–Kier alpha value is -2.94. The van der Waals surface area contributed by atoms with Gasteiger partial charge in [0.05, 0.1) is 33.3 Å². The van der Waals surface area contributed by atoms with E-state index in [1.54, 1.807) is 33.2 Å². The minimum Gasteiger partial charge on any atom is -0.497 e. The lowest BCUT2D eigenvalue weighted by Gasteiger charge is -2.31. The predicted molar refractivity (Wildman–Crippen MR) is 116 cm³/mol. The normalized spacial score (nSPS) is 12.1. The van der Waals surface area contributed by atoms with Crippen molar-refractivity contribution in [3.8, 4) is 17.2 Å². The van der Waals surface area contributed by atoms with Crippen molar-refractivity contribution < 1.29 is 27.4 Å². The maximum atomic E-state index is 13.0. The lowest BCUT2D eigenvalue weighted by Crippen LogP contribution is -2.48. The standard InChI is InChI=1S/C21H28N2O6S/c1-15(21(24)22(2)14-16-7-10-18(27-3)11-8-16)23(30(6,25)26)17-9-12-19(28-4)20(13-17)29-5/h7-13,15H,14H2,1-6H3/t15-/m0/s1. The Balaban J connectivity index is 2.29. The zero-order valence-corrected chi connectivity index (χ0v) is 18.9. The van der Waals surface area contributed by atoms with Gasteiger partial charge in [-0.05, 0) is 36.8 Å². The largest absolute Gasteiger partial charge is 0.497 e. The van der Waals surface area contributed by atoms with E-state index in [1.807, 2.05) is 24.3 Å². The Kier molecular flexibility index (Phi) is 7.55. The van der Waals surface area contributed by atoms with E-state index in [4.69, 9.17) is 14.2 Å². The summed E-state index contributed by atoms with van der Waals surface area (Å²) in [5.41, 5.74) is 1.21. The van der Waals surface area contributed by atoms with Crippen LogP contribution in [0.15, 0.2) is 42.5 Å². The van der Waals surface area contributed by atoms with Gasteiger partial charge in [0, 0.05) is 19.7 Å². The van der Waals surface area contributed by atoms with Crippen molar-refractivity contribution in [2.24, 2.45) is 0 Å². The van der Waals surface area contributed by atoms with Gasteiger partial charge in [0.15, 0.2) is 11.5 Å². The summed E-state index contributed by atoms with van der Waals surface area (Å²) in [5, 5.41) is 0. The van der Waals surface area contributed by atoms with Crippen LogP contribution in [-0.2, 0) is 21.4 Å². The molecule has 8 nitrogen and oxygen atoms in total. The molecule has 30 heavy (non-hydrogen) atoms. The minimum atomic E-state index is -3.75. The minimum absolute atomic E-state index is 0.314. The molecule has 0 heterocycles. The molecule has 0 fully saturated rings. The molecule has 0 aromatic heterocycles. The lowest BCUT2D eigenvalue weighted by molar-refractivity contribution is -0.131. The Morgan fingerprint density at radius 1 is 0.967 bits per heavy atom. The Morgan fingerprint density at radius 3 is 2.07 bits per heavy atom. The summed E-state index contributed by atoms with van der Waals surface area (Å²) in [7, 11) is 2.43. The second kappa shape index (κ2) is 9.71. The summed E-state index contributed by atoms with van der Waals surface area (Å²) in [6.45, 7) is 1.89. The van der Waals surface area contributed by atoms with E-state index in [9.17, 15) is 13.2 Å². The van der Waals surface area contributed by atoms with Crippen molar-refractivity contribution in [2.45, 2.75) is 19.5 Å². The van der Waals surface area contributed by atoms with Crippen LogP contribution < -0.4 is 18.5 Å². The van der Waals surface area contributed by atoms with E-state index in [-0.39, 0.29) is 5.91 Å². The maximum Gasteiger partial charge on any atom is 0.246 e. The highest BCUT2D eigenvalue weighted by atomic mass is 32.2. The molecule has 0 saturated heterocycles. The fraction of sp³-hybridized carbons (Fsp3) is 0.381. The summed E-state index contributed by atoms with van der Waals surface area (Å²) in [6, 6.07) is 11.1. The van der Waals surface area contributed by atoms with Gasteiger partial charge in [0.2, 0.25) is 15.9 Å². The highest BCUT2D eigenvalue weighted by Gasteiger charge is 2.31. The summed E-state index contributed by atoms with van der Waals surface area (Å²) in [5.74, 6) is 1.21. The maximum absolute atomic E-state index is 13.0. The molecule has 0 aliphatic heterocycles. The summed E-state index contributed by atoms with van der Waals surface area (Å²) in [4.78, 5) is 14.5. The van der Waals surface area contributed by atoms with Gasteiger partial charge in [0.1, 0.15) is 11.8 Å². The first-order valence-corrected chi connectivity index (χ1v) is 11.1.